The van der Waals surface area contributed by atoms with Crippen molar-refractivity contribution in [1.82, 2.24) is 5.32 Å². The van der Waals surface area contributed by atoms with E-state index < -0.39 is 5.92 Å². The molecule has 1 aliphatic heterocycles. The fourth-order valence-corrected chi connectivity index (χ4v) is 6.23. The second kappa shape index (κ2) is 11.1. The molecule has 3 aliphatic rings. The van der Waals surface area contributed by atoms with Crippen LogP contribution in [0.3, 0.4) is 0 Å². The predicted octanol–water partition coefficient (Wildman–Crippen LogP) is 6.25. The molecular weight excluding hydrogens is 478 g/mol. The average molecular weight is 516 g/mol. The average Bonchev–Trinajstić information content (AvgIpc) is 2.92. The molecule has 2 aromatic carbocycles. The summed E-state index contributed by atoms with van der Waals surface area (Å²) in [4.78, 5) is 27.6. The molecule has 1 N–H and O–H groups in total. The molecule has 2 aliphatic carbocycles. The number of esters is 1. The summed E-state index contributed by atoms with van der Waals surface area (Å²) in [6.45, 7) is 3.96. The topological polar surface area (TPSA) is 73.9 Å². The predicted molar refractivity (Wildman–Crippen MR) is 146 cm³/mol. The van der Waals surface area contributed by atoms with Gasteiger partial charge in [0.05, 0.1) is 19.8 Å². The largest absolute Gasteiger partial charge is 0.493 e. The summed E-state index contributed by atoms with van der Waals surface area (Å²) < 4.78 is 16.9. The number of methoxy groups -OCH3 is 2. The number of carbonyl (C=O) groups excluding carboxylic acids is 2. The second-order valence-electron chi connectivity index (χ2n) is 10.7. The molecule has 1 heterocycles. The molecule has 0 saturated heterocycles. The van der Waals surface area contributed by atoms with Gasteiger partial charge in [0.25, 0.3) is 0 Å². The zero-order valence-electron chi connectivity index (χ0n) is 22.8. The molecule has 0 spiro atoms. The summed E-state index contributed by atoms with van der Waals surface area (Å²) in [5, 5.41) is 3.46. The highest BCUT2D eigenvalue weighted by atomic mass is 16.5. The van der Waals surface area contributed by atoms with Crippen molar-refractivity contribution < 1.29 is 23.8 Å². The number of Topliss-reactive ketones (excluding diaryl/α,β-unsaturated/α-hetero) is 1. The van der Waals surface area contributed by atoms with Crippen molar-refractivity contribution in [2.45, 2.75) is 76.7 Å². The van der Waals surface area contributed by atoms with Gasteiger partial charge in [0.1, 0.15) is 6.10 Å². The van der Waals surface area contributed by atoms with Gasteiger partial charge in [0, 0.05) is 29.3 Å². The van der Waals surface area contributed by atoms with E-state index >= 15 is 0 Å². The molecule has 1 saturated carbocycles. The third-order valence-corrected chi connectivity index (χ3v) is 8.13. The van der Waals surface area contributed by atoms with Crippen LogP contribution in [0.4, 0.5) is 0 Å². The Bertz CT molecular complexity index is 1300. The summed E-state index contributed by atoms with van der Waals surface area (Å²) in [5.41, 5.74) is 5.96. The first kappa shape index (κ1) is 26.1. The Morgan fingerprint density at radius 2 is 1.66 bits per heavy atom. The van der Waals surface area contributed by atoms with Crippen molar-refractivity contribution in [2.75, 3.05) is 14.2 Å². The van der Waals surface area contributed by atoms with Gasteiger partial charge in [0.15, 0.2) is 17.3 Å². The van der Waals surface area contributed by atoms with E-state index in [4.69, 9.17) is 14.2 Å². The number of hydrogen-bond donors (Lipinski definition) is 1. The third-order valence-electron chi connectivity index (χ3n) is 8.13. The van der Waals surface area contributed by atoms with Gasteiger partial charge in [0.2, 0.25) is 0 Å². The van der Waals surface area contributed by atoms with Gasteiger partial charge < -0.3 is 19.5 Å². The number of dihydropyridines is 1. The first-order valence-electron chi connectivity index (χ1n) is 13.6. The van der Waals surface area contributed by atoms with Crippen molar-refractivity contribution in [1.29, 1.82) is 0 Å². The lowest BCUT2D eigenvalue weighted by Crippen LogP contribution is -2.37. The van der Waals surface area contributed by atoms with Gasteiger partial charge in [-0.1, -0.05) is 42.3 Å². The minimum Gasteiger partial charge on any atom is -0.493 e. The van der Waals surface area contributed by atoms with Gasteiger partial charge in [-0.15, -0.1) is 0 Å². The summed E-state index contributed by atoms with van der Waals surface area (Å²) >= 11 is 0. The highest BCUT2D eigenvalue weighted by Crippen LogP contribution is 2.46. The molecule has 5 rings (SSSR count). The molecule has 2 atom stereocenters. The van der Waals surface area contributed by atoms with Gasteiger partial charge >= 0.3 is 5.97 Å². The maximum atomic E-state index is 13.9. The van der Waals surface area contributed by atoms with E-state index in [1.54, 1.807) is 14.2 Å². The quantitative estimate of drug-likeness (QED) is 0.459. The van der Waals surface area contributed by atoms with Crippen molar-refractivity contribution in [3.63, 3.8) is 0 Å². The van der Waals surface area contributed by atoms with E-state index in [-0.39, 0.29) is 23.8 Å². The van der Waals surface area contributed by atoms with Crippen molar-refractivity contribution in [3.05, 3.63) is 81.7 Å². The maximum absolute atomic E-state index is 13.9. The van der Waals surface area contributed by atoms with E-state index in [9.17, 15) is 9.59 Å². The number of ether oxygens (including phenoxy) is 3. The minimum absolute atomic E-state index is 0.00439. The lowest BCUT2D eigenvalue weighted by atomic mass is 9.71. The molecule has 6 heteroatoms. The summed E-state index contributed by atoms with van der Waals surface area (Å²) in [6, 6.07) is 14.0. The van der Waals surface area contributed by atoms with Crippen LogP contribution in [0.15, 0.2) is 65.0 Å². The molecular formula is C32H37NO5. The molecule has 0 bridgehead atoms. The van der Waals surface area contributed by atoms with Gasteiger partial charge in [-0.2, -0.15) is 0 Å². The zero-order chi connectivity index (χ0) is 26.8. The summed E-state index contributed by atoms with van der Waals surface area (Å²) in [6.07, 6.45) is 6.14. The standard InChI is InChI=1S/C32H37NO5/c1-19-9-8-10-22(15-19)30-29(32(35)38-24-11-6-5-7-12-24)20(2)33-25-16-23(17-26(34)31(25)30)21-13-14-27(36-3)28(18-21)37-4/h8-10,13-15,18,23-24,30,33H,5-7,11-12,16-17H2,1-4H3/t23-,30+/m0/s1. The van der Waals surface area contributed by atoms with Gasteiger partial charge in [-0.05, 0) is 75.1 Å². The SMILES string of the molecule is COc1ccc([C@@H]2CC(=O)C3=C(C2)NC(C)=C(C(=O)OC2CCCCC2)[C@H]3c2cccc(C)c2)cc1OC. The van der Waals surface area contributed by atoms with Crippen molar-refractivity contribution in [2.24, 2.45) is 0 Å². The molecule has 38 heavy (non-hydrogen) atoms. The van der Waals surface area contributed by atoms with Crippen molar-refractivity contribution >= 4 is 11.8 Å². The smallest absolute Gasteiger partial charge is 0.337 e. The Labute approximate surface area is 225 Å². The Balaban J connectivity index is 1.51. The molecule has 0 radical (unpaired) electrons. The minimum atomic E-state index is -0.443. The fourth-order valence-electron chi connectivity index (χ4n) is 6.23. The molecule has 0 amide bonds. The summed E-state index contributed by atoms with van der Waals surface area (Å²) in [5.74, 6) is 0.607. The van der Waals surface area contributed by atoms with Crippen LogP contribution in [-0.2, 0) is 14.3 Å². The highest BCUT2D eigenvalue weighted by Gasteiger charge is 2.42. The number of hydrogen-bond acceptors (Lipinski definition) is 6. The van der Waals surface area contributed by atoms with Crippen LogP contribution >= 0.6 is 0 Å². The van der Waals surface area contributed by atoms with E-state index in [0.717, 1.165) is 53.8 Å². The lowest BCUT2D eigenvalue weighted by molar-refractivity contribution is -0.146. The normalized spacial score (nSPS) is 22.1. The van der Waals surface area contributed by atoms with Crippen LogP contribution in [0, 0.1) is 6.92 Å². The number of nitrogens with one attached hydrogen (secondary N) is 1. The van der Waals surface area contributed by atoms with E-state index in [2.05, 4.69) is 11.4 Å². The lowest BCUT2D eigenvalue weighted by Gasteiger charge is -2.37. The molecule has 0 unspecified atom stereocenters. The van der Waals surface area contributed by atoms with Crippen molar-refractivity contribution in [3.8, 4) is 11.5 Å². The number of carbonyl (C=O) groups is 2. The molecule has 0 aromatic heterocycles. The number of aryl methyl sites for hydroxylation is 1. The second-order valence-corrected chi connectivity index (χ2v) is 10.7. The number of rotatable bonds is 6. The number of ketones is 1. The Morgan fingerprint density at radius 1 is 0.895 bits per heavy atom. The zero-order valence-corrected chi connectivity index (χ0v) is 22.8. The highest BCUT2D eigenvalue weighted by molar-refractivity contribution is 6.04. The maximum Gasteiger partial charge on any atom is 0.337 e. The van der Waals surface area contributed by atoms with Crippen LogP contribution in [0.2, 0.25) is 0 Å². The molecule has 2 aromatic rings. The monoisotopic (exact) mass is 515 g/mol. The Morgan fingerprint density at radius 3 is 2.37 bits per heavy atom. The Hall–Kier alpha value is -3.54. The van der Waals surface area contributed by atoms with Crippen LogP contribution in [0.25, 0.3) is 0 Å². The molecule has 1 fully saturated rings. The third kappa shape index (κ3) is 5.09. The first-order chi connectivity index (χ1) is 18.4. The first-order valence-corrected chi connectivity index (χ1v) is 13.6. The number of benzene rings is 2. The van der Waals surface area contributed by atoms with Gasteiger partial charge in [-0.3, -0.25) is 4.79 Å². The molecule has 200 valence electrons. The van der Waals surface area contributed by atoms with Crippen LogP contribution in [-0.4, -0.2) is 32.1 Å². The number of allylic oxidation sites excluding steroid dienone is 3. The van der Waals surface area contributed by atoms with Crippen LogP contribution in [0.5, 0.6) is 11.5 Å². The molecule has 6 nitrogen and oxygen atoms in total. The van der Waals surface area contributed by atoms with Gasteiger partial charge in [-0.25, -0.2) is 4.79 Å². The van der Waals surface area contributed by atoms with E-state index in [0.29, 0.717) is 35.5 Å². The summed E-state index contributed by atoms with van der Waals surface area (Å²) in [7, 11) is 3.23. The van der Waals surface area contributed by atoms with E-state index in [1.807, 2.05) is 50.2 Å². The fraction of sp³-hybridized carbons (Fsp3) is 0.438. The van der Waals surface area contributed by atoms with Crippen LogP contribution < -0.4 is 14.8 Å². The Kier molecular flexibility index (Phi) is 7.59. The van der Waals surface area contributed by atoms with E-state index in [1.165, 1.54) is 6.42 Å². The van der Waals surface area contributed by atoms with Crippen LogP contribution in [0.1, 0.15) is 80.4 Å².